The highest BCUT2D eigenvalue weighted by Gasteiger charge is 2.26. The molecule has 2 heterocycles. The van der Waals surface area contributed by atoms with Crippen LogP contribution in [0.2, 0.25) is 0 Å². The summed E-state index contributed by atoms with van der Waals surface area (Å²) in [5.41, 5.74) is 8.06. The third-order valence-electron chi connectivity index (χ3n) is 4.59. The number of piperidine rings is 1. The Kier molecular flexibility index (Phi) is 3.94. The van der Waals surface area contributed by atoms with Crippen molar-refractivity contribution in [3.8, 4) is 0 Å². The fourth-order valence-electron chi connectivity index (χ4n) is 3.48. The molecule has 1 fully saturated rings. The number of hydrogen-bond acceptors (Lipinski definition) is 2. The summed E-state index contributed by atoms with van der Waals surface area (Å²) >= 11 is 0. The first-order valence-corrected chi connectivity index (χ1v) is 7.84. The van der Waals surface area contributed by atoms with Crippen LogP contribution in [0, 0.1) is 6.92 Å². The Morgan fingerprint density at radius 3 is 2.87 bits per heavy atom. The summed E-state index contributed by atoms with van der Waals surface area (Å²) in [4.78, 5) is 25.5. The standard InChI is InChI=1S/C18H21N3O2/c1-3-16(22)20-9-5-6-13(11-20)21-10-12(2)14-7-4-8-15(17(14)21)18(19)23/h3-4,7-8,10,13H,1,5-6,9,11H2,2H3,(H2,19,23). The van der Waals surface area contributed by atoms with Gasteiger partial charge in [0.25, 0.3) is 5.91 Å². The molecule has 0 saturated carbocycles. The highest BCUT2D eigenvalue weighted by molar-refractivity contribution is 6.06. The molecule has 1 aromatic heterocycles. The molecule has 1 unspecified atom stereocenters. The number of amides is 2. The van der Waals surface area contributed by atoms with Crippen LogP contribution in [-0.2, 0) is 4.79 Å². The first-order valence-electron chi connectivity index (χ1n) is 7.84. The normalized spacial score (nSPS) is 18.1. The zero-order chi connectivity index (χ0) is 16.6. The minimum Gasteiger partial charge on any atom is -0.366 e. The highest BCUT2D eigenvalue weighted by atomic mass is 16.2. The van der Waals surface area contributed by atoms with Gasteiger partial charge in [0.2, 0.25) is 5.91 Å². The van der Waals surface area contributed by atoms with E-state index in [1.807, 2.05) is 24.0 Å². The molecular formula is C18H21N3O2. The molecule has 2 aromatic rings. The molecule has 120 valence electrons. The number of aromatic nitrogens is 1. The zero-order valence-corrected chi connectivity index (χ0v) is 13.3. The van der Waals surface area contributed by atoms with Gasteiger partial charge in [-0.05, 0) is 37.5 Å². The summed E-state index contributed by atoms with van der Waals surface area (Å²) < 4.78 is 2.12. The lowest BCUT2D eigenvalue weighted by Crippen LogP contribution is -2.39. The van der Waals surface area contributed by atoms with Gasteiger partial charge in [0.05, 0.1) is 17.1 Å². The minimum absolute atomic E-state index is 0.0435. The van der Waals surface area contributed by atoms with Gasteiger partial charge in [-0.3, -0.25) is 9.59 Å². The number of aryl methyl sites for hydroxylation is 1. The van der Waals surface area contributed by atoms with Crippen molar-refractivity contribution in [3.05, 3.63) is 48.2 Å². The van der Waals surface area contributed by atoms with Crippen LogP contribution in [0.1, 0.15) is 34.8 Å². The van der Waals surface area contributed by atoms with Crippen LogP contribution < -0.4 is 5.73 Å². The summed E-state index contributed by atoms with van der Waals surface area (Å²) in [6, 6.07) is 5.76. The van der Waals surface area contributed by atoms with Crippen LogP contribution in [0.5, 0.6) is 0 Å². The predicted octanol–water partition coefficient (Wildman–Crippen LogP) is 2.40. The molecule has 2 amide bonds. The third kappa shape index (κ3) is 2.63. The minimum atomic E-state index is -0.426. The Bertz CT molecular complexity index is 791. The number of nitrogens with zero attached hydrogens (tertiary/aromatic N) is 2. The van der Waals surface area contributed by atoms with E-state index in [1.165, 1.54) is 6.08 Å². The second-order valence-corrected chi connectivity index (χ2v) is 6.07. The van der Waals surface area contributed by atoms with E-state index in [2.05, 4.69) is 17.3 Å². The number of carbonyl (C=O) groups excluding carboxylic acids is 2. The van der Waals surface area contributed by atoms with Gasteiger partial charge in [0.1, 0.15) is 0 Å². The Morgan fingerprint density at radius 1 is 1.39 bits per heavy atom. The second-order valence-electron chi connectivity index (χ2n) is 6.07. The number of nitrogens with two attached hydrogens (primary N) is 1. The molecular weight excluding hydrogens is 290 g/mol. The lowest BCUT2D eigenvalue weighted by Gasteiger charge is -2.33. The van der Waals surface area contributed by atoms with Gasteiger partial charge in [0, 0.05) is 24.7 Å². The van der Waals surface area contributed by atoms with E-state index < -0.39 is 5.91 Å². The van der Waals surface area contributed by atoms with Crippen molar-refractivity contribution in [1.29, 1.82) is 0 Å². The van der Waals surface area contributed by atoms with E-state index in [0.29, 0.717) is 12.1 Å². The maximum atomic E-state index is 11.9. The molecule has 1 aliphatic heterocycles. The molecule has 0 aliphatic carbocycles. The number of para-hydroxylation sites is 1. The van der Waals surface area contributed by atoms with Gasteiger partial charge in [-0.25, -0.2) is 0 Å². The predicted molar refractivity (Wildman–Crippen MR) is 90.2 cm³/mol. The van der Waals surface area contributed by atoms with Crippen LogP contribution in [0.4, 0.5) is 0 Å². The topological polar surface area (TPSA) is 68.3 Å². The lowest BCUT2D eigenvalue weighted by atomic mass is 10.0. The molecule has 0 spiro atoms. The smallest absolute Gasteiger partial charge is 0.250 e. The van der Waals surface area contributed by atoms with Gasteiger partial charge >= 0.3 is 0 Å². The number of fused-ring (bicyclic) bond motifs is 1. The van der Waals surface area contributed by atoms with Crippen LogP contribution in [0.3, 0.4) is 0 Å². The van der Waals surface area contributed by atoms with Crippen LogP contribution in [-0.4, -0.2) is 34.4 Å². The monoisotopic (exact) mass is 311 g/mol. The van der Waals surface area contributed by atoms with Crippen molar-refractivity contribution in [3.63, 3.8) is 0 Å². The SMILES string of the molecule is C=CC(=O)N1CCCC(n2cc(C)c3cccc(C(N)=O)c32)C1. The summed E-state index contributed by atoms with van der Waals surface area (Å²) in [6.45, 7) is 6.97. The average molecular weight is 311 g/mol. The maximum absolute atomic E-state index is 11.9. The van der Waals surface area contributed by atoms with E-state index in [-0.39, 0.29) is 11.9 Å². The van der Waals surface area contributed by atoms with Crippen molar-refractivity contribution in [1.82, 2.24) is 9.47 Å². The van der Waals surface area contributed by atoms with Gasteiger partial charge in [-0.1, -0.05) is 18.7 Å². The molecule has 3 rings (SSSR count). The first kappa shape index (κ1) is 15.3. The maximum Gasteiger partial charge on any atom is 0.250 e. The highest BCUT2D eigenvalue weighted by Crippen LogP contribution is 2.31. The molecule has 5 heteroatoms. The Hall–Kier alpha value is -2.56. The zero-order valence-electron chi connectivity index (χ0n) is 13.3. The fraction of sp³-hybridized carbons (Fsp3) is 0.333. The van der Waals surface area contributed by atoms with E-state index in [4.69, 9.17) is 5.73 Å². The molecule has 0 bridgehead atoms. The third-order valence-corrected chi connectivity index (χ3v) is 4.59. The first-order chi connectivity index (χ1) is 11.0. The number of likely N-dealkylation sites (tertiary alicyclic amines) is 1. The molecule has 2 N–H and O–H groups in total. The van der Waals surface area contributed by atoms with Crippen molar-refractivity contribution in [2.24, 2.45) is 5.73 Å². The summed E-state index contributed by atoms with van der Waals surface area (Å²) in [5.74, 6) is -0.470. The number of rotatable bonds is 3. The molecule has 0 radical (unpaired) electrons. The number of hydrogen-bond donors (Lipinski definition) is 1. The number of primary amides is 1. The molecule has 1 atom stereocenters. The molecule has 1 saturated heterocycles. The van der Waals surface area contributed by atoms with Crippen LogP contribution in [0.15, 0.2) is 37.1 Å². The van der Waals surface area contributed by atoms with Crippen molar-refractivity contribution < 1.29 is 9.59 Å². The van der Waals surface area contributed by atoms with Crippen molar-refractivity contribution in [2.45, 2.75) is 25.8 Å². The molecule has 23 heavy (non-hydrogen) atoms. The van der Waals surface area contributed by atoms with E-state index >= 15 is 0 Å². The molecule has 5 nitrogen and oxygen atoms in total. The molecule has 1 aromatic carbocycles. The average Bonchev–Trinajstić information content (AvgIpc) is 2.91. The van der Waals surface area contributed by atoms with E-state index in [9.17, 15) is 9.59 Å². The largest absolute Gasteiger partial charge is 0.366 e. The lowest BCUT2D eigenvalue weighted by molar-refractivity contribution is -0.127. The van der Waals surface area contributed by atoms with Crippen molar-refractivity contribution >= 4 is 22.7 Å². The Morgan fingerprint density at radius 2 is 2.17 bits per heavy atom. The number of benzene rings is 1. The van der Waals surface area contributed by atoms with Crippen molar-refractivity contribution in [2.75, 3.05) is 13.1 Å². The van der Waals surface area contributed by atoms with Crippen LogP contribution in [0.25, 0.3) is 10.9 Å². The fourth-order valence-corrected chi connectivity index (χ4v) is 3.48. The Balaban J connectivity index is 2.07. The van der Waals surface area contributed by atoms with Crippen LogP contribution >= 0.6 is 0 Å². The summed E-state index contributed by atoms with van der Waals surface area (Å²) in [7, 11) is 0. The number of carbonyl (C=O) groups is 2. The van der Waals surface area contributed by atoms with E-state index in [0.717, 1.165) is 35.9 Å². The van der Waals surface area contributed by atoms with Gasteiger partial charge in [-0.15, -0.1) is 0 Å². The Labute approximate surface area is 135 Å². The van der Waals surface area contributed by atoms with Gasteiger partial charge < -0.3 is 15.2 Å². The van der Waals surface area contributed by atoms with E-state index in [1.54, 1.807) is 6.07 Å². The van der Waals surface area contributed by atoms with Gasteiger partial charge in [0.15, 0.2) is 0 Å². The summed E-state index contributed by atoms with van der Waals surface area (Å²) in [5, 5.41) is 1.04. The summed E-state index contributed by atoms with van der Waals surface area (Å²) in [6.07, 6.45) is 5.32. The molecule has 1 aliphatic rings. The quantitative estimate of drug-likeness (QED) is 0.884. The second kappa shape index (κ2) is 5.91. The van der Waals surface area contributed by atoms with Gasteiger partial charge in [-0.2, -0.15) is 0 Å².